The quantitative estimate of drug-likeness (QED) is 0.343. The van der Waals surface area contributed by atoms with Gasteiger partial charge in [0.1, 0.15) is 5.57 Å². The van der Waals surface area contributed by atoms with Crippen LogP contribution >= 0.6 is 23.8 Å². The third kappa shape index (κ3) is 4.02. The van der Waals surface area contributed by atoms with Crippen molar-refractivity contribution in [2.45, 2.75) is 20.8 Å². The molecule has 0 spiro atoms. The third-order valence-corrected chi connectivity index (χ3v) is 6.27. The average molecular weight is 493 g/mol. The molecule has 7 nitrogen and oxygen atoms in total. The summed E-state index contributed by atoms with van der Waals surface area (Å²) in [5.41, 5.74) is 3.88. The lowest BCUT2D eigenvalue weighted by Crippen LogP contribution is -2.54. The van der Waals surface area contributed by atoms with Crippen LogP contribution in [0.1, 0.15) is 32.9 Å². The van der Waals surface area contributed by atoms with E-state index in [0.29, 0.717) is 22.6 Å². The number of aromatic carboxylic acids is 1. The first-order valence-electron chi connectivity index (χ1n) is 10.3. The molecule has 4 rings (SSSR count). The van der Waals surface area contributed by atoms with E-state index in [0.717, 1.165) is 11.3 Å². The number of hydrogen-bond acceptors (Lipinski definition) is 5. The van der Waals surface area contributed by atoms with Crippen molar-refractivity contribution in [1.82, 2.24) is 9.88 Å². The second-order valence-corrected chi connectivity index (χ2v) is 8.65. The SMILES string of the molecule is Cc1ccccc1N1C(=O)/C(=C\c2cc(C)n(-c3ccc(Cl)c(C(=O)[O-])c3)c2C)C(=O)NC1=S. The fraction of sp³-hybridized carbons (Fsp3) is 0.120. The topological polar surface area (TPSA) is 94.5 Å². The average Bonchev–Trinajstić information content (AvgIpc) is 3.05. The number of para-hydroxylation sites is 1. The number of amides is 2. The molecule has 1 aromatic heterocycles. The van der Waals surface area contributed by atoms with Gasteiger partial charge in [-0.05, 0) is 80.5 Å². The first kappa shape index (κ1) is 23.4. The van der Waals surface area contributed by atoms with E-state index in [4.69, 9.17) is 23.8 Å². The summed E-state index contributed by atoms with van der Waals surface area (Å²) in [5, 5.41) is 14.1. The molecule has 1 fully saturated rings. The van der Waals surface area contributed by atoms with Crippen LogP contribution in [-0.2, 0) is 9.59 Å². The minimum Gasteiger partial charge on any atom is -0.545 e. The molecule has 3 aromatic rings. The number of carbonyl (C=O) groups is 3. The maximum Gasteiger partial charge on any atom is 0.270 e. The van der Waals surface area contributed by atoms with Gasteiger partial charge in [0.2, 0.25) is 0 Å². The summed E-state index contributed by atoms with van der Waals surface area (Å²) in [5.74, 6) is -2.50. The van der Waals surface area contributed by atoms with E-state index in [1.54, 1.807) is 24.3 Å². The number of aryl methyl sites for hydroxylation is 2. The van der Waals surface area contributed by atoms with E-state index in [1.165, 1.54) is 23.1 Å². The number of carbonyl (C=O) groups excluding carboxylic acids is 3. The number of carboxylic acids is 1. The molecule has 172 valence electrons. The summed E-state index contributed by atoms with van der Waals surface area (Å²) in [7, 11) is 0. The first-order chi connectivity index (χ1) is 16.1. The van der Waals surface area contributed by atoms with Crippen molar-refractivity contribution in [2.24, 2.45) is 0 Å². The van der Waals surface area contributed by atoms with Crippen molar-refractivity contribution in [1.29, 1.82) is 0 Å². The standard InChI is InChI=1S/C25H20ClN3O4S/c1-13-6-4-5-7-21(13)29-23(31)19(22(30)27-25(29)34)11-16-10-14(2)28(15(16)3)17-8-9-20(26)18(12-17)24(32)33/h4-12H,1-3H3,(H,32,33)(H,27,30,34)/p-1/b19-11-. The smallest absolute Gasteiger partial charge is 0.270 e. The van der Waals surface area contributed by atoms with Gasteiger partial charge in [-0.1, -0.05) is 29.8 Å². The maximum atomic E-state index is 13.3. The van der Waals surface area contributed by atoms with E-state index in [1.807, 2.05) is 37.5 Å². The number of carboxylic acid groups (broad SMARTS) is 1. The molecule has 0 aliphatic carbocycles. The zero-order valence-corrected chi connectivity index (χ0v) is 20.1. The summed E-state index contributed by atoms with van der Waals surface area (Å²) in [6.45, 7) is 5.49. The van der Waals surface area contributed by atoms with Gasteiger partial charge in [-0.25, -0.2) is 0 Å². The molecule has 0 bridgehead atoms. The summed E-state index contributed by atoms with van der Waals surface area (Å²) in [4.78, 5) is 38.8. The minimum atomic E-state index is -1.38. The van der Waals surface area contributed by atoms with Crippen LogP contribution in [0, 0.1) is 20.8 Å². The van der Waals surface area contributed by atoms with Gasteiger partial charge in [0.15, 0.2) is 5.11 Å². The van der Waals surface area contributed by atoms with Gasteiger partial charge in [-0.15, -0.1) is 0 Å². The summed E-state index contributed by atoms with van der Waals surface area (Å²) >= 11 is 11.3. The molecule has 34 heavy (non-hydrogen) atoms. The summed E-state index contributed by atoms with van der Waals surface area (Å²) in [6, 6.07) is 13.6. The predicted molar refractivity (Wildman–Crippen MR) is 132 cm³/mol. The second-order valence-electron chi connectivity index (χ2n) is 7.86. The van der Waals surface area contributed by atoms with Gasteiger partial charge in [-0.2, -0.15) is 0 Å². The lowest BCUT2D eigenvalue weighted by Gasteiger charge is -2.30. The lowest BCUT2D eigenvalue weighted by atomic mass is 10.1. The number of nitrogens with one attached hydrogen (secondary N) is 1. The highest BCUT2D eigenvalue weighted by atomic mass is 35.5. The van der Waals surface area contributed by atoms with Crippen LogP contribution in [0.25, 0.3) is 11.8 Å². The number of thiocarbonyl (C=S) groups is 1. The Balaban J connectivity index is 1.79. The highest BCUT2D eigenvalue weighted by molar-refractivity contribution is 7.80. The van der Waals surface area contributed by atoms with Gasteiger partial charge >= 0.3 is 0 Å². The van der Waals surface area contributed by atoms with E-state index in [-0.39, 0.29) is 21.3 Å². The fourth-order valence-corrected chi connectivity index (χ4v) is 4.45. The van der Waals surface area contributed by atoms with Crippen molar-refractivity contribution in [3.8, 4) is 5.69 Å². The van der Waals surface area contributed by atoms with Gasteiger partial charge in [-0.3, -0.25) is 19.8 Å². The number of benzene rings is 2. The van der Waals surface area contributed by atoms with E-state index in [2.05, 4.69) is 5.32 Å². The maximum absolute atomic E-state index is 13.3. The normalized spacial score (nSPS) is 15.1. The van der Waals surface area contributed by atoms with Crippen LogP contribution < -0.4 is 15.3 Å². The van der Waals surface area contributed by atoms with Crippen LogP contribution in [0.5, 0.6) is 0 Å². The zero-order chi connectivity index (χ0) is 24.7. The van der Waals surface area contributed by atoms with Crippen LogP contribution in [-0.4, -0.2) is 27.5 Å². The molecule has 2 amide bonds. The molecule has 0 radical (unpaired) electrons. The number of rotatable bonds is 4. The molecule has 1 saturated heterocycles. The number of aromatic nitrogens is 1. The Bertz CT molecular complexity index is 1420. The molecular formula is C25H19ClN3O4S-. The molecule has 9 heteroatoms. The Morgan fingerprint density at radius 3 is 2.47 bits per heavy atom. The minimum absolute atomic E-state index is 0.0166. The largest absolute Gasteiger partial charge is 0.545 e. The van der Waals surface area contributed by atoms with E-state index < -0.39 is 17.8 Å². The zero-order valence-electron chi connectivity index (χ0n) is 18.5. The molecule has 0 atom stereocenters. The van der Waals surface area contributed by atoms with Gasteiger partial charge < -0.3 is 14.5 Å². The van der Waals surface area contributed by atoms with Gasteiger partial charge in [0, 0.05) is 27.7 Å². The second kappa shape index (κ2) is 8.89. The molecule has 1 aliphatic heterocycles. The summed E-state index contributed by atoms with van der Waals surface area (Å²) < 4.78 is 1.81. The lowest BCUT2D eigenvalue weighted by molar-refractivity contribution is -0.255. The van der Waals surface area contributed by atoms with Crippen molar-refractivity contribution in [3.05, 3.63) is 87.2 Å². The Kier molecular flexibility index (Phi) is 6.12. The Hall–Kier alpha value is -3.75. The van der Waals surface area contributed by atoms with E-state index in [9.17, 15) is 19.5 Å². The van der Waals surface area contributed by atoms with Gasteiger partial charge in [0.05, 0.1) is 11.7 Å². The van der Waals surface area contributed by atoms with E-state index >= 15 is 0 Å². The number of nitrogens with zero attached hydrogens (tertiary/aromatic N) is 2. The number of anilines is 1. The monoisotopic (exact) mass is 492 g/mol. The molecule has 0 unspecified atom stereocenters. The molecule has 0 saturated carbocycles. The van der Waals surface area contributed by atoms with Crippen molar-refractivity contribution < 1.29 is 19.5 Å². The van der Waals surface area contributed by atoms with Crippen molar-refractivity contribution >= 4 is 58.5 Å². The van der Waals surface area contributed by atoms with Gasteiger partial charge in [0.25, 0.3) is 11.8 Å². The van der Waals surface area contributed by atoms with Crippen LogP contribution in [0.3, 0.4) is 0 Å². The summed E-state index contributed by atoms with van der Waals surface area (Å²) in [6.07, 6.45) is 1.51. The fourth-order valence-electron chi connectivity index (χ4n) is 3.99. The highest BCUT2D eigenvalue weighted by Crippen LogP contribution is 2.28. The molecule has 2 aromatic carbocycles. The highest BCUT2D eigenvalue weighted by Gasteiger charge is 2.35. The molecular weight excluding hydrogens is 474 g/mol. The Morgan fingerprint density at radius 2 is 1.79 bits per heavy atom. The number of hydrogen-bond donors (Lipinski definition) is 1. The van der Waals surface area contributed by atoms with Crippen molar-refractivity contribution in [2.75, 3.05) is 4.90 Å². The number of halogens is 1. The molecule has 1 N–H and O–H groups in total. The molecule has 2 heterocycles. The third-order valence-electron chi connectivity index (χ3n) is 5.66. The Morgan fingerprint density at radius 1 is 1.09 bits per heavy atom. The van der Waals surface area contributed by atoms with Crippen LogP contribution in [0.4, 0.5) is 5.69 Å². The van der Waals surface area contributed by atoms with Crippen LogP contribution in [0.15, 0.2) is 54.1 Å². The predicted octanol–water partition coefficient (Wildman–Crippen LogP) is 3.25. The first-order valence-corrected chi connectivity index (χ1v) is 11.1. The van der Waals surface area contributed by atoms with Crippen molar-refractivity contribution in [3.63, 3.8) is 0 Å². The van der Waals surface area contributed by atoms with Crippen LogP contribution in [0.2, 0.25) is 5.02 Å². The molecule has 1 aliphatic rings. The Labute approximate surface area is 206 Å².